The van der Waals surface area contributed by atoms with E-state index in [0.29, 0.717) is 13.1 Å². The van der Waals surface area contributed by atoms with Gasteiger partial charge in [0.05, 0.1) is 5.69 Å². The lowest BCUT2D eigenvalue weighted by atomic mass is 10.00. The molecule has 0 saturated carbocycles. The number of nitrogens with one attached hydrogen (secondary N) is 2. The van der Waals surface area contributed by atoms with Crippen LogP contribution in [0.4, 0.5) is 16.2 Å². The zero-order chi connectivity index (χ0) is 18.1. The number of nitrogens with two attached hydrogens (primary N) is 1. The summed E-state index contributed by atoms with van der Waals surface area (Å²) in [5.74, 6) is 0. The average molecular weight is 349 g/mol. The highest BCUT2D eigenvalue weighted by atomic mass is 16.2. The van der Waals surface area contributed by atoms with Gasteiger partial charge in [-0.25, -0.2) is 4.79 Å². The fourth-order valence-electron chi connectivity index (χ4n) is 3.46. The number of amides is 2. The summed E-state index contributed by atoms with van der Waals surface area (Å²) in [7, 11) is 0. The first-order valence-electron chi connectivity index (χ1n) is 8.96. The number of nitrogens with zero attached hydrogens (tertiary/aromatic N) is 2. The summed E-state index contributed by atoms with van der Waals surface area (Å²) in [4.78, 5) is 22.1. The number of carbonyl (C=O) groups excluding carboxylic acids is 1. The van der Waals surface area contributed by atoms with Crippen LogP contribution in [-0.2, 0) is 0 Å². The summed E-state index contributed by atoms with van der Waals surface area (Å²) in [6.45, 7) is 3.49. The number of benzene rings is 1. The Balaban J connectivity index is 1.55. The van der Waals surface area contributed by atoms with Crippen LogP contribution in [-0.4, -0.2) is 41.3 Å². The van der Waals surface area contributed by atoms with Crippen molar-refractivity contribution in [2.24, 2.45) is 10.7 Å². The van der Waals surface area contributed by atoms with Gasteiger partial charge >= 0.3 is 6.03 Å². The SMILES string of the molecule is CC(=C1C=Nc2ccc(NC(=O)N3CCC(N)CC3)cc21)c1ccc[nH]1. The van der Waals surface area contributed by atoms with Crippen LogP contribution in [0.2, 0.25) is 0 Å². The minimum Gasteiger partial charge on any atom is -0.361 e. The van der Waals surface area contributed by atoms with Crippen LogP contribution in [0, 0.1) is 0 Å². The molecule has 0 aliphatic carbocycles. The Morgan fingerprint density at radius 1 is 1.31 bits per heavy atom. The zero-order valence-corrected chi connectivity index (χ0v) is 14.8. The van der Waals surface area contributed by atoms with Crippen molar-refractivity contribution < 1.29 is 4.79 Å². The van der Waals surface area contributed by atoms with Crippen molar-refractivity contribution in [2.45, 2.75) is 25.8 Å². The van der Waals surface area contributed by atoms with Crippen molar-refractivity contribution in [3.05, 3.63) is 47.8 Å². The third kappa shape index (κ3) is 3.15. The molecule has 2 aromatic rings. The number of allylic oxidation sites excluding steroid dienone is 2. The molecule has 4 rings (SSSR count). The highest BCUT2D eigenvalue weighted by Gasteiger charge is 2.21. The van der Waals surface area contributed by atoms with E-state index in [2.05, 4.69) is 22.2 Å². The molecule has 26 heavy (non-hydrogen) atoms. The number of urea groups is 1. The molecular weight excluding hydrogens is 326 g/mol. The summed E-state index contributed by atoms with van der Waals surface area (Å²) >= 11 is 0. The molecule has 134 valence electrons. The maximum Gasteiger partial charge on any atom is 0.321 e. The van der Waals surface area contributed by atoms with Crippen LogP contribution >= 0.6 is 0 Å². The lowest BCUT2D eigenvalue weighted by molar-refractivity contribution is 0.195. The second kappa shape index (κ2) is 6.80. The Kier molecular flexibility index (Phi) is 4.34. The minimum absolute atomic E-state index is 0.0672. The molecule has 1 fully saturated rings. The molecule has 3 heterocycles. The van der Waals surface area contributed by atoms with Gasteiger partial charge in [0, 0.05) is 54.1 Å². The molecule has 1 saturated heterocycles. The van der Waals surface area contributed by atoms with Gasteiger partial charge in [-0.2, -0.15) is 0 Å². The van der Waals surface area contributed by atoms with Crippen LogP contribution in [0.5, 0.6) is 0 Å². The van der Waals surface area contributed by atoms with E-state index in [1.54, 1.807) is 0 Å². The molecule has 6 nitrogen and oxygen atoms in total. The largest absolute Gasteiger partial charge is 0.361 e. The number of hydrogen-bond acceptors (Lipinski definition) is 3. The molecule has 0 spiro atoms. The first-order valence-corrected chi connectivity index (χ1v) is 8.96. The van der Waals surface area contributed by atoms with E-state index in [1.807, 2.05) is 47.6 Å². The van der Waals surface area contributed by atoms with Gasteiger partial charge in [0.25, 0.3) is 0 Å². The summed E-state index contributed by atoms with van der Waals surface area (Å²) < 4.78 is 0. The van der Waals surface area contributed by atoms with E-state index >= 15 is 0 Å². The predicted molar refractivity (Wildman–Crippen MR) is 106 cm³/mol. The van der Waals surface area contributed by atoms with Crippen molar-refractivity contribution in [2.75, 3.05) is 18.4 Å². The molecule has 2 amide bonds. The fourth-order valence-corrected chi connectivity index (χ4v) is 3.46. The van der Waals surface area contributed by atoms with Crippen molar-refractivity contribution in [1.29, 1.82) is 0 Å². The molecule has 1 aromatic carbocycles. The topological polar surface area (TPSA) is 86.5 Å². The van der Waals surface area contributed by atoms with Crippen LogP contribution in [0.15, 0.2) is 41.5 Å². The lowest BCUT2D eigenvalue weighted by Gasteiger charge is -2.30. The van der Waals surface area contributed by atoms with Crippen LogP contribution < -0.4 is 11.1 Å². The maximum absolute atomic E-state index is 12.5. The zero-order valence-electron chi connectivity index (χ0n) is 14.8. The van der Waals surface area contributed by atoms with Crippen LogP contribution in [0.25, 0.3) is 11.1 Å². The second-order valence-electron chi connectivity index (χ2n) is 6.87. The monoisotopic (exact) mass is 349 g/mol. The van der Waals surface area contributed by atoms with Crippen LogP contribution in [0.1, 0.15) is 31.0 Å². The van der Waals surface area contributed by atoms with Crippen LogP contribution in [0.3, 0.4) is 0 Å². The number of anilines is 1. The van der Waals surface area contributed by atoms with Gasteiger partial charge in [-0.3, -0.25) is 4.99 Å². The van der Waals surface area contributed by atoms with Crippen molar-refractivity contribution in [3.8, 4) is 0 Å². The van der Waals surface area contributed by atoms with E-state index in [9.17, 15) is 4.79 Å². The summed E-state index contributed by atoms with van der Waals surface area (Å²) in [6, 6.07) is 10.0. The van der Waals surface area contributed by atoms with Gasteiger partial charge in [-0.1, -0.05) is 0 Å². The lowest BCUT2D eigenvalue weighted by Crippen LogP contribution is -2.44. The number of aromatic amines is 1. The van der Waals surface area contributed by atoms with Gasteiger partial charge in [0.1, 0.15) is 0 Å². The standard InChI is InChI=1S/C20H23N5O/c1-13(18-3-2-8-22-18)17-12-23-19-5-4-15(11-16(17)19)24-20(26)25-9-6-14(21)7-10-25/h2-5,8,11-12,14,22H,6-7,9-10,21H2,1H3,(H,24,26). The van der Waals surface area contributed by atoms with Gasteiger partial charge in [-0.05, 0) is 55.7 Å². The molecule has 0 atom stereocenters. The Morgan fingerprint density at radius 2 is 2.12 bits per heavy atom. The van der Waals surface area contributed by atoms with E-state index in [-0.39, 0.29) is 12.1 Å². The number of aromatic nitrogens is 1. The summed E-state index contributed by atoms with van der Waals surface area (Å²) in [5.41, 5.74) is 11.9. The van der Waals surface area contributed by atoms with Crippen molar-refractivity contribution in [3.63, 3.8) is 0 Å². The minimum atomic E-state index is -0.0672. The quantitative estimate of drug-likeness (QED) is 0.773. The average Bonchev–Trinajstić information content (AvgIpc) is 3.31. The molecule has 1 aromatic heterocycles. The smallest absolute Gasteiger partial charge is 0.321 e. The molecule has 0 radical (unpaired) electrons. The first-order chi connectivity index (χ1) is 12.6. The van der Waals surface area contributed by atoms with E-state index in [0.717, 1.165) is 46.6 Å². The Morgan fingerprint density at radius 3 is 2.85 bits per heavy atom. The Labute approximate surface area is 152 Å². The number of hydrogen-bond donors (Lipinski definition) is 3. The molecule has 2 aliphatic rings. The number of piperidine rings is 1. The molecule has 0 bridgehead atoms. The Bertz CT molecular complexity index is 874. The fraction of sp³-hybridized carbons (Fsp3) is 0.300. The maximum atomic E-state index is 12.5. The van der Waals surface area contributed by atoms with Crippen molar-refractivity contribution >= 4 is 34.8 Å². The number of likely N-dealkylation sites (tertiary alicyclic amines) is 1. The number of aliphatic imine (C=N–C) groups is 1. The molecule has 6 heteroatoms. The summed E-state index contributed by atoms with van der Waals surface area (Å²) in [5, 5.41) is 3.01. The van der Waals surface area contributed by atoms with E-state index < -0.39 is 0 Å². The normalized spacial score (nSPS) is 18.8. The van der Waals surface area contributed by atoms with Gasteiger partial charge in [0.15, 0.2) is 0 Å². The first kappa shape index (κ1) is 16.6. The molecule has 2 aliphatic heterocycles. The molecule has 4 N–H and O–H groups in total. The van der Waals surface area contributed by atoms with E-state index in [1.165, 1.54) is 0 Å². The van der Waals surface area contributed by atoms with Gasteiger partial charge in [0.2, 0.25) is 0 Å². The number of carbonyl (C=O) groups is 1. The highest BCUT2D eigenvalue weighted by molar-refractivity contribution is 6.24. The highest BCUT2D eigenvalue weighted by Crippen LogP contribution is 2.37. The van der Waals surface area contributed by atoms with Gasteiger partial charge < -0.3 is 20.9 Å². The van der Waals surface area contributed by atoms with E-state index in [4.69, 9.17) is 5.73 Å². The van der Waals surface area contributed by atoms with Crippen molar-refractivity contribution in [1.82, 2.24) is 9.88 Å². The number of rotatable bonds is 2. The molecular formula is C20H23N5O. The third-order valence-corrected chi connectivity index (χ3v) is 5.10. The summed E-state index contributed by atoms with van der Waals surface area (Å²) in [6.07, 6.45) is 5.51. The third-order valence-electron chi connectivity index (χ3n) is 5.10. The number of fused-ring (bicyclic) bond motifs is 1. The van der Waals surface area contributed by atoms with Gasteiger partial charge in [-0.15, -0.1) is 0 Å². The predicted octanol–water partition coefficient (Wildman–Crippen LogP) is 3.62. The molecule has 0 unspecified atom stereocenters. The second-order valence-corrected chi connectivity index (χ2v) is 6.87. The number of H-pyrrole nitrogens is 1. The Hall–Kier alpha value is -2.86.